The van der Waals surface area contributed by atoms with Crippen LogP contribution in [0.25, 0.3) is 0 Å². The van der Waals surface area contributed by atoms with Gasteiger partial charge in [-0.05, 0) is 39.5 Å². The number of amides is 2. The van der Waals surface area contributed by atoms with Gasteiger partial charge in [0.15, 0.2) is 0 Å². The maximum Gasteiger partial charge on any atom is 0.248 e. The van der Waals surface area contributed by atoms with Gasteiger partial charge in [-0.15, -0.1) is 0 Å². The first kappa shape index (κ1) is 15.0. The topological polar surface area (TPSA) is 49.4 Å². The molecule has 1 fully saturated rings. The minimum Gasteiger partial charge on any atom is -0.340 e. The zero-order valence-electron chi connectivity index (χ0n) is 12.7. The first-order valence-electron chi connectivity index (χ1n) is 6.53. The molecule has 4 nitrogen and oxygen atoms in total. The number of carbonyl (C=O) groups excluding carboxylic acids is 2. The number of hydrogen-bond acceptors (Lipinski definition) is 2. The molecule has 104 valence electrons. The quantitative estimate of drug-likeness (QED) is 0.818. The molecule has 1 rings (SSSR count). The Labute approximate surface area is 110 Å². The van der Waals surface area contributed by atoms with Gasteiger partial charge < -0.3 is 10.2 Å². The molecule has 1 saturated heterocycles. The summed E-state index contributed by atoms with van der Waals surface area (Å²) in [6.45, 7) is 14.2. The molecule has 0 saturated carbocycles. The van der Waals surface area contributed by atoms with Crippen molar-refractivity contribution in [1.29, 1.82) is 0 Å². The molecular formula is C14H26N2O2. The summed E-state index contributed by atoms with van der Waals surface area (Å²) in [5.41, 5.74) is -1.42. The highest BCUT2D eigenvalue weighted by Crippen LogP contribution is 2.28. The molecule has 1 N–H and O–H groups in total. The Balaban J connectivity index is 2.96. The summed E-state index contributed by atoms with van der Waals surface area (Å²) < 4.78 is 0. The average molecular weight is 254 g/mol. The molecule has 4 heteroatoms. The molecular weight excluding hydrogens is 228 g/mol. The summed E-state index contributed by atoms with van der Waals surface area (Å²) in [5, 5.41) is 2.79. The van der Waals surface area contributed by atoms with E-state index >= 15 is 0 Å². The number of nitrogens with zero attached hydrogens (tertiary/aromatic N) is 1. The van der Waals surface area contributed by atoms with Gasteiger partial charge in [-0.1, -0.05) is 20.8 Å². The van der Waals surface area contributed by atoms with Crippen LogP contribution in [0.4, 0.5) is 0 Å². The van der Waals surface area contributed by atoms with E-state index in [1.54, 1.807) is 32.6 Å². The summed E-state index contributed by atoms with van der Waals surface area (Å²) in [4.78, 5) is 26.3. The number of hydrogen-bond donors (Lipinski definition) is 1. The maximum absolute atomic E-state index is 12.4. The molecule has 0 aliphatic carbocycles. The monoisotopic (exact) mass is 254 g/mol. The van der Waals surface area contributed by atoms with Gasteiger partial charge in [-0.2, -0.15) is 0 Å². The first-order valence-corrected chi connectivity index (χ1v) is 6.53. The van der Waals surface area contributed by atoms with Crippen LogP contribution in [0.1, 0.15) is 54.9 Å². The molecule has 1 aliphatic rings. The van der Waals surface area contributed by atoms with E-state index in [0.717, 1.165) is 6.42 Å². The lowest BCUT2D eigenvalue weighted by Gasteiger charge is -2.48. The second-order valence-electron chi connectivity index (χ2n) is 7.41. The van der Waals surface area contributed by atoms with Crippen molar-refractivity contribution in [2.45, 2.75) is 66.0 Å². The lowest BCUT2D eigenvalue weighted by molar-refractivity contribution is -0.159. The number of nitrogens with one attached hydrogen (secondary N) is 1. The standard InChI is InChI=1S/C14H26N2O2/c1-12(2,3)8-9-16-11(18)13(4,5)15-10(17)14(16,6)7/h8-9H2,1-7H3,(H,15,17). The van der Waals surface area contributed by atoms with Crippen LogP contribution in [0.3, 0.4) is 0 Å². The minimum absolute atomic E-state index is 0.00338. The van der Waals surface area contributed by atoms with Crippen LogP contribution in [0.2, 0.25) is 0 Å². The van der Waals surface area contributed by atoms with E-state index in [1.165, 1.54) is 0 Å². The van der Waals surface area contributed by atoms with E-state index in [4.69, 9.17) is 0 Å². The van der Waals surface area contributed by atoms with E-state index in [9.17, 15) is 9.59 Å². The lowest BCUT2D eigenvalue weighted by Crippen LogP contribution is -2.72. The minimum atomic E-state index is -0.801. The Hall–Kier alpha value is -1.06. The van der Waals surface area contributed by atoms with Gasteiger partial charge in [-0.3, -0.25) is 9.59 Å². The molecule has 2 amide bonds. The second-order valence-corrected chi connectivity index (χ2v) is 7.41. The number of carbonyl (C=O) groups is 2. The van der Waals surface area contributed by atoms with Crippen LogP contribution in [-0.4, -0.2) is 34.3 Å². The summed E-state index contributed by atoms with van der Waals surface area (Å²) in [7, 11) is 0. The van der Waals surface area contributed by atoms with E-state index in [2.05, 4.69) is 26.1 Å². The third-order valence-electron chi connectivity index (χ3n) is 3.52. The molecule has 1 aliphatic heterocycles. The van der Waals surface area contributed by atoms with Crippen molar-refractivity contribution in [3.63, 3.8) is 0 Å². The fourth-order valence-corrected chi connectivity index (χ4v) is 2.03. The summed E-state index contributed by atoms with van der Waals surface area (Å²) >= 11 is 0. The molecule has 18 heavy (non-hydrogen) atoms. The van der Waals surface area contributed by atoms with Crippen LogP contribution >= 0.6 is 0 Å². The molecule has 0 aromatic heterocycles. The van der Waals surface area contributed by atoms with Crippen LogP contribution in [-0.2, 0) is 9.59 Å². The fraction of sp³-hybridized carbons (Fsp3) is 0.857. The molecule has 0 radical (unpaired) electrons. The highest BCUT2D eigenvalue weighted by Gasteiger charge is 2.49. The smallest absolute Gasteiger partial charge is 0.248 e. The van der Waals surface area contributed by atoms with Gasteiger partial charge >= 0.3 is 0 Å². The van der Waals surface area contributed by atoms with E-state index in [0.29, 0.717) is 6.54 Å². The zero-order valence-corrected chi connectivity index (χ0v) is 12.7. The Kier molecular flexibility index (Phi) is 3.54. The van der Waals surface area contributed by atoms with Gasteiger partial charge in [0.25, 0.3) is 0 Å². The first-order chi connectivity index (χ1) is 7.88. The number of piperazine rings is 1. The Bertz CT molecular complexity index is 364. The highest BCUT2D eigenvalue weighted by atomic mass is 16.2. The molecule has 1 heterocycles. The van der Waals surface area contributed by atoms with Crippen molar-refractivity contribution < 1.29 is 9.59 Å². The van der Waals surface area contributed by atoms with Gasteiger partial charge in [0.2, 0.25) is 11.8 Å². The largest absolute Gasteiger partial charge is 0.340 e. The summed E-state index contributed by atoms with van der Waals surface area (Å²) in [5.74, 6) is -0.0858. The Morgan fingerprint density at radius 1 is 1.11 bits per heavy atom. The van der Waals surface area contributed by atoms with Crippen molar-refractivity contribution in [3.8, 4) is 0 Å². The average Bonchev–Trinajstić information content (AvgIpc) is 2.12. The van der Waals surface area contributed by atoms with Crippen molar-refractivity contribution in [2.75, 3.05) is 6.54 Å². The molecule has 0 spiro atoms. The van der Waals surface area contributed by atoms with Gasteiger partial charge in [0.05, 0.1) is 0 Å². The SMILES string of the molecule is CC(C)(C)CCN1C(=O)C(C)(C)NC(=O)C1(C)C. The second kappa shape index (κ2) is 4.25. The molecule has 0 bridgehead atoms. The third-order valence-corrected chi connectivity index (χ3v) is 3.52. The van der Waals surface area contributed by atoms with Crippen molar-refractivity contribution >= 4 is 11.8 Å². The van der Waals surface area contributed by atoms with Crippen molar-refractivity contribution in [3.05, 3.63) is 0 Å². The molecule has 0 aromatic carbocycles. The van der Waals surface area contributed by atoms with E-state index in [1.807, 2.05) is 0 Å². The van der Waals surface area contributed by atoms with Gasteiger partial charge in [0, 0.05) is 6.54 Å². The van der Waals surface area contributed by atoms with Gasteiger partial charge in [0.1, 0.15) is 11.1 Å². The van der Waals surface area contributed by atoms with Crippen molar-refractivity contribution in [2.24, 2.45) is 5.41 Å². The van der Waals surface area contributed by atoms with Crippen LogP contribution in [0, 0.1) is 5.41 Å². The molecule has 0 aromatic rings. The fourth-order valence-electron chi connectivity index (χ4n) is 2.03. The summed E-state index contributed by atoms with van der Waals surface area (Å²) in [6, 6.07) is 0. The Morgan fingerprint density at radius 3 is 2.06 bits per heavy atom. The predicted molar refractivity (Wildman–Crippen MR) is 72.1 cm³/mol. The van der Waals surface area contributed by atoms with Crippen LogP contribution in [0.15, 0.2) is 0 Å². The summed E-state index contributed by atoms with van der Waals surface area (Å²) in [6.07, 6.45) is 0.880. The van der Waals surface area contributed by atoms with Crippen molar-refractivity contribution in [1.82, 2.24) is 10.2 Å². The molecule has 0 atom stereocenters. The predicted octanol–water partition coefficient (Wildman–Crippen LogP) is 1.94. The third kappa shape index (κ3) is 2.85. The maximum atomic E-state index is 12.4. The highest BCUT2D eigenvalue weighted by molar-refractivity contribution is 6.01. The van der Waals surface area contributed by atoms with Gasteiger partial charge in [-0.25, -0.2) is 0 Å². The molecule has 0 unspecified atom stereocenters. The van der Waals surface area contributed by atoms with Crippen LogP contribution < -0.4 is 5.32 Å². The lowest BCUT2D eigenvalue weighted by atomic mass is 9.86. The van der Waals surface area contributed by atoms with E-state index in [-0.39, 0.29) is 17.2 Å². The zero-order chi connectivity index (χ0) is 14.4. The Morgan fingerprint density at radius 2 is 1.61 bits per heavy atom. The number of rotatable bonds is 2. The van der Waals surface area contributed by atoms with Crippen LogP contribution in [0.5, 0.6) is 0 Å². The van der Waals surface area contributed by atoms with E-state index < -0.39 is 11.1 Å². The normalized spacial score (nSPS) is 22.9.